The van der Waals surface area contributed by atoms with Gasteiger partial charge in [-0.25, -0.2) is 0 Å². The number of fused-ring (bicyclic) bond motifs is 1. The van der Waals surface area contributed by atoms with E-state index in [9.17, 15) is 14.9 Å². The Balaban J connectivity index is 1.79. The van der Waals surface area contributed by atoms with Crippen molar-refractivity contribution < 1.29 is 23.9 Å². The van der Waals surface area contributed by atoms with Crippen molar-refractivity contribution in [2.45, 2.75) is 13.0 Å². The first-order chi connectivity index (χ1) is 13.5. The number of nitro groups is 1. The van der Waals surface area contributed by atoms with Gasteiger partial charge in [-0.1, -0.05) is 6.07 Å². The lowest BCUT2D eigenvalue weighted by Gasteiger charge is -2.17. The second kappa shape index (κ2) is 8.57. The Morgan fingerprint density at radius 2 is 2.04 bits per heavy atom. The van der Waals surface area contributed by atoms with Crippen LogP contribution in [0, 0.1) is 10.1 Å². The SMILES string of the molecule is COCCNc1ccc([N+](=O)[O-])cc1C(=O)NC(C)c1ccc2c(c1)OCO2. The summed E-state index contributed by atoms with van der Waals surface area (Å²) < 4.78 is 15.6. The Labute approximate surface area is 161 Å². The topological polar surface area (TPSA) is 112 Å². The van der Waals surface area contributed by atoms with Gasteiger partial charge in [-0.05, 0) is 30.7 Å². The molecule has 0 saturated carbocycles. The van der Waals surface area contributed by atoms with Crippen molar-refractivity contribution in [1.82, 2.24) is 5.32 Å². The number of nitrogens with one attached hydrogen (secondary N) is 2. The van der Waals surface area contributed by atoms with Gasteiger partial charge in [0.1, 0.15) is 0 Å². The zero-order valence-corrected chi connectivity index (χ0v) is 15.6. The molecule has 0 bridgehead atoms. The number of hydrogen-bond acceptors (Lipinski definition) is 7. The minimum absolute atomic E-state index is 0.154. The Hall–Kier alpha value is -3.33. The van der Waals surface area contributed by atoms with Gasteiger partial charge >= 0.3 is 0 Å². The van der Waals surface area contributed by atoms with Crippen LogP contribution in [0.25, 0.3) is 0 Å². The fraction of sp³-hybridized carbons (Fsp3) is 0.316. The van der Waals surface area contributed by atoms with Crippen molar-refractivity contribution in [3.63, 3.8) is 0 Å². The van der Waals surface area contributed by atoms with E-state index >= 15 is 0 Å². The maximum atomic E-state index is 12.8. The highest BCUT2D eigenvalue weighted by molar-refractivity contribution is 6.00. The van der Waals surface area contributed by atoms with E-state index in [0.29, 0.717) is 30.3 Å². The third kappa shape index (κ3) is 4.32. The van der Waals surface area contributed by atoms with Crippen molar-refractivity contribution in [3.8, 4) is 11.5 Å². The fourth-order valence-electron chi connectivity index (χ4n) is 2.82. The second-order valence-corrected chi connectivity index (χ2v) is 6.21. The van der Waals surface area contributed by atoms with Crippen molar-refractivity contribution in [2.75, 3.05) is 32.4 Å². The molecule has 1 atom stereocenters. The van der Waals surface area contributed by atoms with Crippen LogP contribution in [-0.4, -0.2) is 37.9 Å². The number of nitro benzene ring substituents is 1. The molecule has 0 fully saturated rings. The summed E-state index contributed by atoms with van der Waals surface area (Å²) in [5.41, 5.74) is 1.37. The molecule has 148 valence electrons. The van der Waals surface area contributed by atoms with Crippen LogP contribution in [0.15, 0.2) is 36.4 Å². The molecule has 9 heteroatoms. The quantitative estimate of drug-likeness (QED) is 0.407. The Bertz CT molecular complexity index is 886. The van der Waals surface area contributed by atoms with Gasteiger partial charge in [0.15, 0.2) is 11.5 Å². The molecule has 2 N–H and O–H groups in total. The van der Waals surface area contributed by atoms with E-state index in [1.54, 1.807) is 19.2 Å². The fourth-order valence-corrected chi connectivity index (χ4v) is 2.82. The van der Waals surface area contributed by atoms with Gasteiger partial charge in [-0.3, -0.25) is 14.9 Å². The largest absolute Gasteiger partial charge is 0.454 e. The Morgan fingerprint density at radius 1 is 1.25 bits per heavy atom. The van der Waals surface area contributed by atoms with Gasteiger partial charge in [0.2, 0.25) is 6.79 Å². The predicted octanol–water partition coefficient (Wildman–Crippen LogP) is 2.87. The number of benzene rings is 2. The third-order valence-electron chi connectivity index (χ3n) is 4.32. The molecule has 1 aliphatic heterocycles. The molecule has 28 heavy (non-hydrogen) atoms. The molecular weight excluding hydrogens is 366 g/mol. The third-order valence-corrected chi connectivity index (χ3v) is 4.32. The number of carbonyl (C=O) groups excluding carboxylic acids is 1. The highest BCUT2D eigenvalue weighted by Gasteiger charge is 2.20. The molecule has 1 aliphatic rings. The summed E-state index contributed by atoms with van der Waals surface area (Å²) in [6, 6.07) is 9.22. The molecule has 1 heterocycles. The summed E-state index contributed by atoms with van der Waals surface area (Å²) in [4.78, 5) is 23.4. The summed E-state index contributed by atoms with van der Waals surface area (Å²) in [5.74, 6) is 0.857. The number of ether oxygens (including phenoxy) is 3. The molecule has 0 radical (unpaired) electrons. The van der Waals surface area contributed by atoms with E-state index in [1.807, 2.05) is 13.0 Å². The zero-order chi connectivity index (χ0) is 20.1. The smallest absolute Gasteiger partial charge is 0.270 e. The summed E-state index contributed by atoms with van der Waals surface area (Å²) in [6.45, 7) is 2.90. The Morgan fingerprint density at radius 3 is 2.79 bits per heavy atom. The standard InChI is InChI=1S/C19H21N3O6/c1-12(13-3-6-17-18(9-13)28-11-27-17)21-19(23)15-10-14(22(24)25)4-5-16(15)20-7-8-26-2/h3-6,9-10,12,20H,7-8,11H2,1-2H3,(H,21,23). The first-order valence-electron chi connectivity index (χ1n) is 8.71. The molecule has 0 spiro atoms. The van der Waals surface area contributed by atoms with Gasteiger partial charge < -0.3 is 24.8 Å². The molecule has 2 aromatic carbocycles. The molecule has 0 aliphatic carbocycles. The van der Waals surface area contributed by atoms with Crippen LogP contribution in [0.4, 0.5) is 11.4 Å². The number of carbonyl (C=O) groups is 1. The average Bonchev–Trinajstić information content (AvgIpc) is 3.15. The summed E-state index contributed by atoms with van der Waals surface area (Å²) >= 11 is 0. The molecule has 2 aromatic rings. The van der Waals surface area contributed by atoms with Crippen LogP contribution in [0.2, 0.25) is 0 Å². The van der Waals surface area contributed by atoms with Gasteiger partial charge in [-0.15, -0.1) is 0 Å². The minimum atomic E-state index is -0.531. The van der Waals surface area contributed by atoms with Crippen molar-refractivity contribution in [3.05, 3.63) is 57.6 Å². The van der Waals surface area contributed by atoms with Crippen LogP contribution < -0.4 is 20.1 Å². The first-order valence-corrected chi connectivity index (χ1v) is 8.71. The number of non-ortho nitro benzene ring substituents is 1. The second-order valence-electron chi connectivity index (χ2n) is 6.21. The molecule has 1 amide bonds. The minimum Gasteiger partial charge on any atom is -0.454 e. The Kier molecular flexibility index (Phi) is 5.95. The molecule has 9 nitrogen and oxygen atoms in total. The summed E-state index contributed by atoms with van der Waals surface area (Å²) in [7, 11) is 1.57. The van der Waals surface area contributed by atoms with Crippen LogP contribution in [0.3, 0.4) is 0 Å². The lowest BCUT2D eigenvalue weighted by atomic mass is 10.1. The normalized spacial score (nSPS) is 13.1. The van der Waals surface area contributed by atoms with Gasteiger partial charge in [0.25, 0.3) is 11.6 Å². The van der Waals surface area contributed by atoms with Crippen LogP contribution in [-0.2, 0) is 4.74 Å². The van der Waals surface area contributed by atoms with Crippen LogP contribution in [0.5, 0.6) is 11.5 Å². The van der Waals surface area contributed by atoms with Crippen molar-refractivity contribution >= 4 is 17.3 Å². The van der Waals surface area contributed by atoms with Crippen molar-refractivity contribution in [2.24, 2.45) is 0 Å². The van der Waals surface area contributed by atoms with Crippen molar-refractivity contribution in [1.29, 1.82) is 0 Å². The lowest BCUT2D eigenvalue weighted by Crippen LogP contribution is -2.27. The summed E-state index contributed by atoms with van der Waals surface area (Å²) in [5, 5.41) is 17.0. The predicted molar refractivity (Wildman–Crippen MR) is 102 cm³/mol. The maximum Gasteiger partial charge on any atom is 0.270 e. The number of anilines is 1. The number of hydrogen-bond donors (Lipinski definition) is 2. The van der Waals surface area contributed by atoms with E-state index in [1.165, 1.54) is 18.2 Å². The highest BCUT2D eigenvalue weighted by Crippen LogP contribution is 2.34. The average molecular weight is 387 g/mol. The van der Waals surface area contributed by atoms with E-state index in [4.69, 9.17) is 14.2 Å². The van der Waals surface area contributed by atoms with Gasteiger partial charge in [0.05, 0.1) is 23.1 Å². The van der Waals surface area contributed by atoms with Gasteiger partial charge in [0, 0.05) is 31.5 Å². The summed E-state index contributed by atoms with van der Waals surface area (Å²) in [6.07, 6.45) is 0. The molecule has 0 saturated heterocycles. The van der Waals surface area contributed by atoms with Crippen LogP contribution >= 0.6 is 0 Å². The van der Waals surface area contributed by atoms with Gasteiger partial charge in [-0.2, -0.15) is 0 Å². The number of amides is 1. The number of rotatable bonds is 8. The number of methoxy groups -OCH3 is 1. The molecule has 3 rings (SSSR count). The first kappa shape index (κ1) is 19.4. The van der Waals surface area contributed by atoms with E-state index < -0.39 is 10.8 Å². The zero-order valence-electron chi connectivity index (χ0n) is 15.6. The monoisotopic (exact) mass is 387 g/mol. The van der Waals surface area contributed by atoms with E-state index in [2.05, 4.69) is 10.6 Å². The molecule has 1 unspecified atom stereocenters. The van der Waals surface area contributed by atoms with E-state index in [-0.39, 0.29) is 24.1 Å². The van der Waals surface area contributed by atoms with E-state index in [0.717, 1.165) is 5.56 Å². The number of nitrogens with zero attached hydrogens (tertiary/aromatic N) is 1. The maximum absolute atomic E-state index is 12.8. The molecule has 0 aromatic heterocycles. The highest BCUT2D eigenvalue weighted by atomic mass is 16.7. The van der Waals surface area contributed by atoms with Crippen LogP contribution in [0.1, 0.15) is 28.9 Å². The molecular formula is C19H21N3O6. The lowest BCUT2D eigenvalue weighted by molar-refractivity contribution is -0.384.